The summed E-state index contributed by atoms with van der Waals surface area (Å²) >= 11 is 6.11. The SMILES string of the molecule is CCC(=O)N1CCCC(C(=O)Nc2cc(Cl)ccc2Oc2ccccc2)C1. The van der Waals surface area contributed by atoms with E-state index in [0.717, 1.165) is 19.4 Å². The molecule has 1 atom stereocenters. The second kappa shape index (κ2) is 8.91. The number of nitrogens with zero attached hydrogens (tertiary/aromatic N) is 1. The van der Waals surface area contributed by atoms with Crippen LogP contribution in [-0.2, 0) is 9.59 Å². The number of carbonyl (C=O) groups excluding carboxylic acids is 2. The first-order chi connectivity index (χ1) is 13.1. The maximum absolute atomic E-state index is 12.8. The molecule has 6 heteroatoms. The lowest BCUT2D eigenvalue weighted by molar-refractivity contribution is -0.134. The fourth-order valence-corrected chi connectivity index (χ4v) is 3.35. The standard InChI is InChI=1S/C21H23ClN2O3/c1-2-20(25)24-12-6-7-15(14-24)21(26)23-18-13-16(22)10-11-19(18)27-17-8-4-3-5-9-17/h3-5,8-11,13,15H,2,6-7,12,14H2,1H3,(H,23,26). The molecule has 3 rings (SSSR count). The van der Waals surface area contributed by atoms with Crippen molar-refractivity contribution in [2.45, 2.75) is 26.2 Å². The van der Waals surface area contributed by atoms with Gasteiger partial charge in [0, 0.05) is 24.5 Å². The van der Waals surface area contributed by atoms with Crippen LogP contribution in [0.1, 0.15) is 26.2 Å². The first kappa shape index (κ1) is 19.2. The van der Waals surface area contributed by atoms with Gasteiger partial charge < -0.3 is 15.0 Å². The Hall–Kier alpha value is -2.53. The molecule has 0 aliphatic carbocycles. The zero-order valence-corrected chi connectivity index (χ0v) is 16.0. The van der Waals surface area contributed by atoms with E-state index in [1.165, 1.54) is 0 Å². The number of halogens is 1. The molecule has 1 N–H and O–H groups in total. The number of amides is 2. The van der Waals surface area contributed by atoms with Crippen molar-refractivity contribution in [3.63, 3.8) is 0 Å². The zero-order valence-electron chi connectivity index (χ0n) is 15.3. The summed E-state index contributed by atoms with van der Waals surface area (Å²) in [6.45, 7) is 3.01. The van der Waals surface area contributed by atoms with Crippen molar-refractivity contribution in [1.29, 1.82) is 0 Å². The fraction of sp³-hybridized carbons (Fsp3) is 0.333. The van der Waals surface area contributed by atoms with E-state index >= 15 is 0 Å². The zero-order chi connectivity index (χ0) is 19.2. The predicted octanol–water partition coefficient (Wildman–Crippen LogP) is 4.72. The molecule has 1 heterocycles. The van der Waals surface area contributed by atoms with Gasteiger partial charge >= 0.3 is 0 Å². The van der Waals surface area contributed by atoms with Crippen molar-refractivity contribution in [1.82, 2.24) is 4.90 Å². The third kappa shape index (κ3) is 5.01. The smallest absolute Gasteiger partial charge is 0.229 e. The monoisotopic (exact) mass is 386 g/mol. The minimum atomic E-state index is -0.238. The van der Waals surface area contributed by atoms with Crippen LogP contribution in [0.3, 0.4) is 0 Å². The number of piperidine rings is 1. The topological polar surface area (TPSA) is 58.6 Å². The van der Waals surface area contributed by atoms with Crippen molar-refractivity contribution in [2.75, 3.05) is 18.4 Å². The van der Waals surface area contributed by atoms with Crippen LogP contribution in [0, 0.1) is 5.92 Å². The van der Waals surface area contributed by atoms with Crippen LogP contribution in [0.5, 0.6) is 11.5 Å². The maximum Gasteiger partial charge on any atom is 0.229 e. The third-order valence-electron chi connectivity index (χ3n) is 4.62. The summed E-state index contributed by atoms with van der Waals surface area (Å²) in [6, 6.07) is 14.5. The highest BCUT2D eigenvalue weighted by Crippen LogP contribution is 2.32. The fourth-order valence-electron chi connectivity index (χ4n) is 3.18. The molecule has 1 unspecified atom stereocenters. The Labute approximate surface area is 164 Å². The molecular weight excluding hydrogens is 364 g/mol. The third-order valence-corrected chi connectivity index (χ3v) is 4.85. The van der Waals surface area contributed by atoms with Crippen molar-refractivity contribution in [2.24, 2.45) is 5.92 Å². The van der Waals surface area contributed by atoms with Gasteiger partial charge in [0.15, 0.2) is 5.75 Å². The maximum atomic E-state index is 12.8. The first-order valence-electron chi connectivity index (χ1n) is 9.18. The van der Waals surface area contributed by atoms with Gasteiger partial charge in [0.2, 0.25) is 11.8 Å². The lowest BCUT2D eigenvalue weighted by atomic mass is 9.96. The minimum Gasteiger partial charge on any atom is -0.455 e. The van der Waals surface area contributed by atoms with Gasteiger partial charge in [0.25, 0.3) is 0 Å². The molecule has 2 aromatic carbocycles. The Morgan fingerprint density at radius 2 is 2.00 bits per heavy atom. The first-order valence-corrected chi connectivity index (χ1v) is 9.55. The van der Waals surface area contributed by atoms with Crippen LogP contribution in [0.25, 0.3) is 0 Å². The van der Waals surface area contributed by atoms with Crippen LogP contribution < -0.4 is 10.1 Å². The molecule has 5 nitrogen and oxygen atoms in total. The van der Waals surface area contributed by atoms with Gasteiger partial charge in [-0.1, -0.05) is 36.7 Å². The Morgan fingerprint density at radius 1 is 1.22 bits per heavy atom. The highest BCUT2D eigenvalue weighted by atomic mass is 35.5. The van der Waals surface area contributed by atoms with Gasteiger partial charge in [-0.25, -0.2) is 0 Å². The molecule has 0 radical (unpaired) electrons. The largest absolute Gasteiger partial charge is 0.455 e. The number of para-hydroxylation sites is 1. The molecule has 1 aliphatic rings. The molecule has 0 bridgehead atoms. The normalized spacial score (nSPS) is 16.7. The number of hydrogen-bond acceptors (Lipinski definition) is 3. The summed E-state index contributed by atoms with van der Waals surface area (Å²) in [7, 11) is 0. The summed E-state index contributed by atoms with van der Waals surface area (Å²) < 4.78 is 5.89. The van der Waals surface area contributed by atoms with E-state index in [1.54, 1.807) is 23.1 Å². The molecule has 2 amide bonds. The van der Waals surface area contributed by atoms with Crippen molar-refractivity contribution < 1.29 is 14.3 Å². The summed E-state index contributed by atoms with van der Waals surface area (Å²) in [5, 5.41) is 3.44. The number of carbonyl (C=O) groups is 2. The number of hydrogen-bond donors (Lipinski definition) is 1. The molecule has 0 aromatic heterocycles. The summed E-state index contributed by atoms with van der Waals surface area (Å²) in [6.07, 6.45) is 2.04. The van der Waals surface area contributed by atoms with Crippen LogP contribution in [-0.4, -0.2) is 29.8 Å². The summed E-state index contributed by atoms with van der Waals surface area (Å²) in [5.41, 5.74) is 0.523. The van der Waals surface area contributed by atoms with Crippen LogP contribution in [0.2, 0.25) is 5.02 Å². The van der Waals surface area contributed by atoms with Gasteiger partial charge in [-0.2, -0.15) is 0 Å². The van der Waals surface area contributed by atoms with E-state index < -0.39 is 0 Å². The molecule has 142 valence electrons. The van der Waals surface area contributed by atoms with Crippen molar-refractivity contribution >= 4 is 29.1 Å². The van der Waals surface area contributed by atoms with Crippen LogP contribution in [0.15, 0.2) is 48.5 Å². The number of likely N-dealkylation sites (tertiary alicyclic amines) is 1. The molecule has 0 saturated carbocycles. The van der Waals surface area contributed by atoms with Crippen LogP contribution >= 0.6 is 11.6 Å². The van der Waals surface area contributed by atoms with E-state index in [4.69, 9.17) is 16.3 Å². The quantitative estimate of drug-likeness (QED) is 0.808. The van der Waals surface area contributed by atoms with E-state index in [0.29, 0.717) is 35.2 Å². The minimum absolute atomic E-state index is 0.0864. The second-order valence-electron chi connectivity index (χ2n) is 6.58. The lowest BCUT2D eigenvalue weighted by Gasteiger charge is -2.32. The number of anilines is 1. The highest BCUT2D eigenvalue weighted by molar-refractivity contribution is 6.31. The molecular formula is C21H23ClN2O3. The van der Waals surface area contributed by atoms with E-state index in [1.807, 2.05) is 37.3 Å². The molecule has 27 heavy (non-hydrogen) atoms. The van der Waals surface area contributed by atoms with Gasteiger partial charge in [-0.15, -0.1) is 0 Å². The molecule has 1 aliphatic heterocycles. The number of nitrogens with one attached hydrogen (secondary N) is 1. The average Bonchev–Trinajstić information content (AvgIpc) is 2.70. The molecule has 1 saturated heterocycles. The predicted molar refractivity (Wildman–Crippen MR) is 106 cm³/mol. The Morgan fingerprint density at radius 3 is 2.74 bits per heavy atom. The molecule has 1 fully saturated rings. The van der Waals surface area contributed by atoms with Gasteiger partial charge in [0.05, 0.1) is 11.6 Å². The van der Waals surface area contributed by atoms with Crippen molar-refractivity contribution in [3.05, 3.63) is 53.6 Å². The number of benzene rings is 2. The summed E-state index contributed by atoms with van der Waals surface area (Å²) in [4.78, 5) is 26.5. The Bertz CT molecular complexity index is 810. The van der Waals surface area contributed by atoms with Crippen molar-refractivity contribution in [3.8, 4) is 11.5 Å². The van der Waals surface area contributed by atoms with Crippen LogP contribution in [0.4, 0.5) is 5.69 Å². The molecule has 0 spiro atoms. The van der Waals surface area contributed by atoms with Gasteiger partial charge in [0.1, 0.15) is 5.75 Å². The number of ether oxygens (including phenoxy) is 1. The number of rotatable bonds is 5. The Kier molecular flexibility index (Phi) is 6.35. The molecule has 2 aromatic rings. The van der Waals surface area contributed by atoms with E-state index in [2.05, 4.69) is 5.32 Å². The summed E-state index contributed by atoms with van der Waals surface area (Å²) in [5.74, 6) is 0.925. The Balaban J connectivity index is 1.73. The van der Waals surface area contributed by atoms with E-state index in [9.17, 15) is 9.59 Å². The van der Waals surface area contributed by atoms with Gasteiger partial charge in [-0.3, -0.25) is 9.59 Å². The highest BCUT2D eigenvalue weighted by Gasteiger charge is 2.28. The average molecular weight is 387 g/mol. The second-order valence-corrected chi connectivity index (χ2v) is 7.01. The van der Waals surface area contributed by atoms with Gasteiger partial charge in [-0.05, 0) is 43.2 Å². The van der Waals surface area contributed by atoms with E-state index in [-0.39, 0.29) is 17.7 Å². The lowest BCUT2D eigenvalue weighted by Crippen LogP contribution is -2.43.